The maximum atomic E-state index is 4.76. The summed E-state index contributed by atoms with van der Waals surface area (Å²) in [6.07, 6.45) is 5.37. The minimum absolute atomic E-state index is 0.0377. The molecule has 3 heteroatoms. The minimum atomic E-state index is -0.240. The average Bonchev–Trinajstić information content (AvgIpc) is 2.04. The molecule has 1 atom stereocenters. The fourth-order valence-corrected chi connectivity index (χ4v) is 2.98. The van der Waals surface area contributed by atoms with Crippen molar-refractivity contribution in [1.82, 2.24) is 0 Å². The number of hydrogen-bond donors (Lipinski definition) is 3. The maximum Gasteiger partial charge on any atom is 0.0695 e. The van der Waals surface area contributed by atoms with Gasteiger partial charge in [-0.05, 0) is 19.3 Å². The van der Waals surface area contributed by atoms with Crippen molar-refractivity contribution >= 4 is 37.9 Å². The van der Waals surface area contributed by atoms with E-state index in [2.05, 4.69) is 46.0 Å². The quantitative estimate of drug-likeness (QED) is 0.448. The molecule has 0 aliphatic heterocycles. The SMILES string of the molecule is CCCC(S)(S)[C@](S)(CC)CCC. The monoisotopic (exact) mass is 238 g/mol. The number of thiol groups is 3. The highest BCUT2D eigenvalue weighted by molar-refractivity contribution is 8.02. The van der Waals surface area contributed by atoms with E-state index in [0.29, 0.717) is 0 Å². The summed E-state index contributed by atoms with van der Waals surface area (Å²) in [6.45, 7) is 6.51. The molecule has 0 N–H and O–H groups in total. The Kier molecular flexibility index (Phi) is 6.29. The van der Waals surface area contributed by atoms with Crippen LogP contribution < -0.4 is 0 Å². The summed E-state index contributed by atoms with van der Waals surface area (Å²) in [7, 11) is 0. The first-order chi connectivity index (χ1) is 5.93. The molecule has 0 bridgehead atoms. The van der Waals surface area contributed by atoms with E-state index in [1.807, 2.05) is 0 Å². The lowest BCUT2D eigenvalue weighted by Crippen LogP contribution is -2.41. The molecule has 0 heterocycles. The first-order valence-corrected chi connectivity index (χ1v) is 6.44. The van der Waals surface area contributed by atoms with Gasteiger partial charge in [0, 0.05) is 4.75 Å². The van der Waals surface area contributed by atoms with E-state index in [0.717, 1.165) is 32.1 Å². The van der Waals surface area contributed by atoms with Crippen molar-refractivity contribution in [2.75, 3.05) is 0 Å². The highest BCUT2D eigenvalue weighted by Crippen LogP contribution is 2.46. The van der Waals surface area contributed by atoms with Crippen LogP contribution in [0.3, 0.4) is 0 Å². The smallest absolute Gasteiger partial charge is 0.0695 e. The Morgan fingerprint density at radius 2 is 1.31 bits per heavy atom. The molecule has 0 aromatic heterocycles. The Morgan fingerprint density at radius 3 is 1.62 bits per heavy atom. The molecule has 0 spiro atoms. The van der Waals surface area contributed by atoms with Gasteiger partial charge in [0.2, 0.25) is 0 Å². The summed E-state index contributed by atoms with van der Waals surface area (Å²) >= 11 is 14.1. The molecule has 13 heavy (non-hydrogen) atoms. The van der Waals surface area contributed by atoms with Crippen LogP contribution in [-0.2, 0) is 0 Å². The molecule has 0 unspecified atom stereocenters. The van der Waals surface area contributed by atoms with E-state index in [1.165, 1.54) is 0 Å². The highest BCUT2D eigenvalue weighted by Gasteiger charge is 2.40. The van der Waals surface area contributed by atoms with Crippen LogP contribution in [0.15, 0.2) is 0 Å². The summed E-state index contributed by atoms with van der Waals surface area (Å²) in [5, 5.41) is 0. The average molecular weight is 238 g/mol. The Balaban J connectivity index is 4.51. The standard InChI is InChI=1S/C10H22S3/c1-4-7-9(11,6-3)10(12,13)8-5-2/h11-13H,4-8H2,1-3H3/t9-/m0/s1. The lowest BCUT2D eigenvalue weighted by molar-refractivity contribution is 0.458. The molecule has 0 saturated carbocycles. The Morgan fingerprint density at radius 1 is 0.846 bits per heavy atom. The van der Waals surface area contributed by atoms with Gasteiger partial charge in [0.1, 0.15) is 0 Å². The molecule has 0 radical (unpaired) electrons. The Hall–Kier alpha value is 1.05. The van der Waals surface area contributed by atoms with Gasteiger partial charge in [-0.3, -0.25) is 0 Å². The van der Waals surface area contributed by atoms with E-state index in [-0.39, 0.29) is 8.83 Å². The topological polar surface area (TPSA) is 0 Å². The van der Waals surface area contributed by atoms with Gasteiger partial charge in [-0.2, -0.15) is 37.9 Å². The van der Waals surface area contributed by atoms with Crippen molar-refractivity contribution in [1.29, 1.82) is 0 Å². The Bertz CT molecular complexity index is 145. The molecule has 0 aromatic carbocycles. The zero-order valence-electron chi connectivity index (χ0n) is 8.88. The summed E-state index contributed by atoms with van der Waals surface area (Å²) in [5.74, 6) is 0. The van der Waals surface area contributed by atoms with Gasteiger partial charge in [-0.25, -0.2) is 0 Å². The Labute approximate surface area is 99.5 Å². The van der Waals surface area contributed by atoms with Crippen LogP contribution in [0, 0.1) is 0 Å². The van der Waals surface area contributed by atoms with Crippen molar-refractivity contribution < 1.29 is 0 Å². The third-order valence-electron chi connectivity index (χ3n) is 2.59. The normalized spacial score (nSPS) is 17.1. The van der Waals surface area contributed by atoms with Gasteiger partial charge in [0.25, 0.3) is 0 Å². The molecule has 0 fully saturated rings. The molecule has 0 aliphatic rings. The minimum Gasteiger partial charge on any atom is -0.170 e. The molecule has 0 aromatic rings. The summed E-state index contributed by atoms with van der Waals surface area (Å²) in [4.78, 5) is 0. The van der Waals surface area contributed by atoms with Gasteiger partial charge < -0.3 is 0 Å². The number of hydrogen-bond acceptors (Lipinski definition) is 3. The second kappa shape index (κ2) is 5.82. The van der Waals surface area contributed by atoms with Gasteiger partial charge in [0.05, 0.1) is 4.08 Å². The lowest BCUT2D eigenvalue weighted by Gasteiger charge is -2.41. The largest absolute Gasteiger partial charge is 0.170 e. The molecular formula is C10H22S3. The maximum absolute atomic E-state index is 4.76. The number of rotatable bonds is 6. The van der Waals surface area contributed by atoms with Crippen LogP contribution in [0.1, 0.15) is 52.9 Å². The third kappa shape index (κ3) is 3.60. The second-order valence-electron chi connectivity index (χ2n) is 3.70. The van der Waals surface area contributed by atoms with Crippen LogP contribution in [0.25, 0.3) is 0 Å². The predicted molar refractivity (Wildman–Crippen MR) is 72.5 cm³/mol. The molecule has 0 rings (SSSR count). The van der Waals surface area contributed by atoms with Crippen molar-refractivity contribution in [3.8, 4) is 0 Å². The first kappa shape index (κ1) is 14.1. The lowest BCUT2D eigenvalue weighted by atomic mass is 9.92. The van der Waals surface area contributed by atoms with Gasteiger partial charge in [-0.15, -0.1) is 0 Å². The summed E-state index contributed by atoms with van der Waals surface area (Å²) in [6, 6.07) is 0. The van der Waals surface area contributed by atoms with Gasteiger partial charge in [-0.1, -0.05) is 33.6 Å². The first-order valence-electron chi connectivity index (χ1n) is 5.10. The molecule has 0 amide bonds. The molecule has 0 nitrogen and oxygen atoms in total. The zero-order valence-corrected chi connectivity index (χ0v) is 11.6. The van der Waals surface area contributed by atoms with Crippen molar-refractivity contribution in [3.05, 3.63) is 0 Å². The fourth-order valence-electron chi connectivity index (χ4n) is 1.65. The van der Waals surface area contributed by atoms with Crippen LogP contribution in [-0.4, -0.2) is 8.83 Å². The van der Waals surface area contributed by atoms with E-state index in [1.54, 1.807) is 0 Å². The molecule has 0 aliphatic carbocycles. The molecule has 0 saturated heterocycles. The van der Waals surface area contributed by atoms with Crippen LogP contribution in [0.5, 0.6) is 0 Å². The van der Waals surface area contributed by atoms with Crippen molar-refractivity contribution in [2.24, 2.45) is 0 Å². The van der Waals surface area contributed by atoms with Crippen LogP contribution >= 0.6 is 37.9 Å². The van der Waals surface area contributed by atoms with Crippen molar-refractivity contribution in [3.63, 3.8) is 0 Å². The van der Waals surface area contributed by atoms with Gasteiger partial charge >= 0.3 is 0 Å². The molecular weight excluding hydrogens is 216 g/mol. The van der Waals surface area contributed by atoms with E-state index >= 15 is 0 Å². The summed E-state index contributed by atoms with van der Waals surface area (Å²) in [5.41, 5.74) is 0. The summed E-state index contributed by atoms with van der Waals surface area (Å²) < 4.78 is -0.278. The molecule has 80 valence electrons. The highest BCUT2D eigenvalue weighted by atomic mass is 32.2. The second-order valence-corrected chi connectivity index (χ2v) is 6.44. The van der Waals surface area contributed by atoms with E-state index < -0.39 is 0 Å². The van der Waals surface area contributed by atoms with Crippen LogP contribution in [0.4, 0.5) is 0 Å². The van der Waals surface area contributed by atoms with E-state index in [4.69, 9.17) is 12.6 Å². The van der Waals surface area contributed by atoms with Crippen LogP contribution in [0.2, 0.25) is 0 Å². The predicted octanol–water partition coefficient (Wildman–Crippen LogP) is 4.22. The van der Waals surface area contributed by atoms with Crippen molar-refractivity contribution in [2.45, 2.75) is 61.7 Å². The van der Waals surface area contributed by atoms with E-state index in [9.17, 15) is 0 Å². The zero-order chi connectivity index (χ0) is 10.5. The third-order valence-corrected chi connectivity index (χ3v) is 5.17. The van der Waals surface area contributed by atoms with Gasteiger partial charge in [0.15, 0.2) is 0 Å². The fraction of sp³-hybridized carbons (Fsp3) is 1.00.